The van der Waals surface area contributed by atoms with Crippen molar-refractivity contribution in [2.24, 2.45) is 0 Å². The van der Waals surface area contributed by atoms with E-state index >= 15 is 0 Å². The fourth-order valence-corrected chi connectivity index (χ4v) is 6.47. The summed E-state index contributed by atoms with van der Waals surface area (Å²) in [6, 6.07) is 25.6. The molecule has 1 atom stereocenters. The van der Waals surface area contributed by atoms with Gasteiger partial charge in [-0.1, -0.05) is 42.1 Å². The molecule has 1 aliphatic rings. The summed E-state index contributed by atoms with van der Waals surface area (Å²) in [6.07, 6.45) is 1.28. The normalized spacial score (nSPS) is 15.1. The summed E-state index contributed by atoms with van der Waals surface area (Å²) < 4.78 is 13.5. The quantitative estimate of drug-likeness (QED) is 0.237. The number of furan rings is 1. The monoisotopic (exact) mass is 513 g/mol. The van der Waals surface area contributed by atoms with Gasteiger partial charge in [-0.25, -0.2) is 4.98 Å². The Morgan fingerprint density at radius 3 is 2.78 bits per heavy atom. The van der Waals surface area contributed by atoms with Gasteiger partial charge >= 0.3 is 0 Å². The van der Waals surface area contributed by atoms with Gasteiger partial charge in [-0.15, -0.1) is 11.3 Å². The minimum atomic E-state index is -0.352. The number of anilines is 1. The minimum Gasteiger partial charge on any atom is -0.496 e. The van der Waals surface area contributed by atoms with E-state index < -0.39 is 0 Å². The first kappa shape index (κ1) is 22.7. The van der Waals surface area contributed by atoms with Crippen molar-refractivity contribution in [3.05, 3.63) is 108 Å². The van der Waals surface area contributed by atoms with Crippen molar-refractivity contribution in [3.63, 3.8) is 0 Å². The topological polar surface area (TPSA) is 67.6 Å². The Morgan fingerprint density at radius 2 is 1.94 bits per heavy atom. The van der Waals surface area contributed by atoms with E-state index in [1.807, 2.05) is 71.6 Å². The first-order valence-electron chi connectivity index (χ1n) is 11.5. The number of nitrogens with one attached hydrogen (secondary N) is 1. The molecular formula is C28H23N3O3S2. The van der Waals surface area contributed by atoms with Crippen LogP contribution >= 0.6 is 23.1 Å². The van der Waals surface area contributed by atoms with Crippen molar-refractivity contribution < 1.29 is 13.9 Å². The van der Waals surface area contributed by atoms with E-state index in [1.165, 1.54) is 4.70 Å². The number of thioether (sulfide) groups is 1. The molecule has 0 saturated heterocycles. The maximum absolute atomic E-state index is 13.5. The van der Waals surface area contributed by atoms with E-state index in [2.05, 4.69) is 17.4 Å². The van der Waals surface area contributed by atoms with Crippen LogP contribution in [0.2, 0.25) is 0 Å². The lowest BCUT2D eigenvalue weighted by Gasteiger charge is -2.38. The molecule has 6 rings (SSSR count). The van der Waals surface area contributed by atoms with Crippen molar-refractivity contribution in [2.75, 3.05) is 12.4 Å². The van der Waals surface area contributed by atoms with Crippen LogP contribution in [0.5, 0.6) is 5.75 Å². The molecule has 1 amide bonds. The SMILES string of the molecule is COc1ccc([C@H]2Nc3ccccc3C(=O)N2Cc2ccco2)cc1CSc1nc2ccccc2s1. The molecule has 3 aromatic carbocycles. The Balaban J connectivity index is 1.32. The second kappa shape index (κ2) is 9.72. The number of hydrogen-bond donors (Lipinski definition) is 1. The smallest absolute Gasteiger partial charge is 0.258 e. The lowest BCUT2D eigenvalue weighted by Crippen LogP contribution is -2.42. The number of fused-ring (bicyclic) bond motifs is 2. The average molecular weight is 514 g/mol. The lowest BCUT2D eigenvalue weighted by atomic mass is 10.0. The number of nitrogens with zero attached hydrogens (tertiary/aromatic N) is 2. The lowest BCUT2D eigenvalue weighted by molar-refractivity contribution is 0.0651. The molecule has 0 aliphatic carbocycles. The van der Waals surface area contributed by atoms with Gasteiger partial charge in [-0.05, 0) is 54.1 Å². The van der Waals surface area contributed by atoms with Gasteiger partial charge in [-0.2, -0.15) is 0 Å². The van der Waals surface area contributed by atoms with Crippen molar-refractivity contribution in [2.45, 2.75) is 22.8 Å². The fraction of sp³-hybridized carbons (Fsp3) is 0.143. The van der Waals surface area contributed by atoms with Gasteiger partial charge in [0.15, 0.2) is 4.34 Å². The van der Waals surface area contributed by atoms with Crippen LogP contribution in [0.3, 0.4) is 0 Å². The third kappa shape index (κ3) is 4.34. The van der Waals surface area contributed by atoms with Gasteiger partial charge in [0.1, 0.15) is 17.7 Å². The third-order valence-corrected chi connectivity index (χ3v) is 8.40. The van der Waals surface area contributed by atoms with Gasteiger partial charge in [0.25, 0.3) is 5.91 Å². The van der Waals surface area contributed by atoms with Crippen molar-refractivity contribution >= 4 is 44.9 Å². The number of ether oxygens (including phenoxy) is 1. The number of aromatic nitrogens is 1. The molecule has 0 unspecified atom stereocenters. The van der Waals surface area contributed by atoms with E-state index in [-0.39, 0.29) is 12.1 Å². The third-order valence-electron chi connectivity index (χ3n) is 6.17. The molecule has 6 nitrogen and oxygen atoms in total. The van der Waals surface area contributed by atoms with Gasteiger partial charge in [-0.3, -0.25) is 4.79 Å². The second-order valence-corrected chi connectivity index (χ2v) is 10.7. The zero-order chi connectivity index (χ0) is 24.5. The van der Waals surface area contributed by atoms with E-state index in [4.69, 9.17) is 14.1 Å². The molecule has 2 aromatic heterocycles. The number of amides is 1. The zero-order valence-electron chi connectivity index (χ0n) is 19.5. The maximum Gasteiger partial charge on any atom is 0.258 e. The summed E-state index contributed by atoms with van der Waals surface area (Å²) >= 11 is 3.38. The number of hydrogen-bond acceptors (Lipinski definition) is 7. The van der Waals surface area contributed by atoms with Crippen LogP contribution in [0.4, 0.5) is 5.69 Å². The molecule has 5 aromatic rings. The highest BCUT2D eigenvalue weighted by molar-refractivity contribution is 8.00. The Hall–Kier alpha value is -3.75. The summed E-state index contributed by atoms with van der Waals surface area (Å²) in [7, 11) is 1.68. The van der Waals surface area contributed by atoms with Crippen LogP contribution in [0.25, 0.3) is 10.2 Å². The number of rotatable bonds is 7. The minimum absolute atomic E-state index is 0.0352. The average Bonchev–Trinajstić information content (AvgIpc) is 3.58. The first-order chi connectivity index (χ1) is 17.7. The molecule has 0 spiro atoms. The fourth-order valence-electron chi connectivity index (χ4n) is 4.42. The van der Waals surface area contributed by atoms with Crippen LogP contribution in [0.15, 0.2) is 93.9 Å². The van der Waals surface area contributed by atoms with E-state index in [0.717, 1.165) is 38.2 Å². The molecule has 180 valence electrons. The Kier molecular flexibility index (Phi) is 6.13. The van der Waals surface area contributed by atoms with E-state index in [0.29, 0.717) is 17.9 Å². The number of benzene rings is 3. The summed E-state index contributed by atoms with van der Waals surface area (Å²) in [4.78, 5) is 20.1. The number of carbonyl (C=O) groups excluding carboxylic acids is 1. The molecule has 0 saturated carbocycles. The molecule has 8 heteroatoms. The van der Waals surface area contributed by atoms with Crippen LogP contribution in [-0.2, 0) is 12.3 Å². The number of para-hydroxylation sites is 2. The van der Waals surface area contributed by atoms with E-state index in [1.54, 1.807) is 36.5 Å². The summed E-state index contributed by atoms with van der Waals surface area (Å²) in [5, 5.41) is 3.57. The Bertz CT molecular complexity index is 1500. The largest absolute Gasteiger partial charge is 0.496 e. The molecule has 3 heterocycles. The van der Waals surface area contributed by atoms with Gasteiger partial charge in [0, 0.05) is 17.0 Å². The highest BCUT2D eigenvalue weighted by Crippen LogP contribution is 2.38. The van der Waals surface area contributed by atoms with Crippen molar-refractivity contribution in [1.82, 2.24) is 9.88 Å². The highest BCUT2D eigenvalue weighted by Gasteiger charge is 2.33. The predicted molar refractivity (Wildman–Crippen MR) is 144 cm³/mol. The number of methoxy groups -OCH3 is 1. The van der Waals surface area contributed by atoms with Crippen LogP contribution < -0.4 is 10.1 Å². The molecule has 36 heavy (non-hydrogen) atoms. The summed E-state index contributed by atoms with van der Waals surface area (Å²) in [5.41, 5.74) is 4.52. The van der Waals surface area contributed by atoms with Gasteiger partial charge in [0.2, 0.25) is 0 Å². The zero-order valence-corrected chi connectivity index (χ0v) is 21.1. The summed E-state index contributed by atoms with van der Waals surface area (Å²) in [6.45, 7) is 0.361. The van der Waals surface area contributed by atoms with Gasteiger partial charge in [0.05, 0.1) is 35.7 Å². The number of carbonyl (C=O) groups is 1. The second-order valence-electron chi connectivity index (χ2n) is 8.41. The molecule has 1 aliphatic heterocycles. The van der Waals surface area contributed by atoms with Crippen molar-refractivity contribution in [1.29, 1.82) is 0 Å². The van der Waals surface area contributed by atoms with Crippen molar-refractivity contribution in [3.8, 4) is 5.75 Å². The molecule has 0 fully saturated rings. The first-order valence-corrected chi connectivity index (χ1v) is 13.3. The predicted octanol–water partition coefficient (Wildman–Crippen LogP) is 6.96. The molecule has 0 bridgehead atoms. The van der Waals surface area contributed by atoms with Crippen LogP contribution in [-0.4, -0.2) is 22.9 Å². The standard InChI is InChI=1S/C28H23N3O3S2/c1-33-24-13-12-18(15-19(24)17-35-28-30-23-10-4-5-11-25(23)36-28)26-29-22-9-3-2-8-21(22)27(32)31(26)16-20-7-6-14-34-20/h2-15,26,29H,16-17H2,1H3/t26-/m0/s1. The maximum atomic E-state index is 13.5. The van der Waals surface area contributed by atoms with Crippen LogP contribution in [0, 0.1) is 0 Å². The summed E-state index contributed by atoms with van der Waals surface area (Å²) in [5.74, 6) is 2.21. The highest BCUT2D eigenvalue weighted by atomic mass is 32.2. The molecule has 1 N–H and O–H groups in total. The molecule has 0 radical (unpaired) electrons. The van der Waals surface area contributed by atoms with Crippen LogP contribution in [0.1, 0.15) is 33.4 Å². The Labute approximate surface area is 216 Å². The number of thiazole rings is 1. The molecular weight excluding hydrogens is 490 g/mol. The Morgan fingerprint density at radius 1 is 1.08 bits per heavy atom. The van der Waals surface area contributed by atoms with Gasteiger partial charge < -0.3 is 19.4 Å². The van der Waals surface area contributed by atoms with E-state index in [9.17, 15) is 4.79 Å².